The predicted molar refractivity (Wildman–Crippen MR) is 138 cm³/mol. The molecule has 182 valence electrons. The van der Waals surface area contributed by atoms with Gasteiger partial charge >= 0.3 is 0 Å². The minimum absolute atomic E-state index is 0. The van der Waals surface area contributed by atoms with Crippen LogP contribution in [0.4, 0.5) is 22.0 Å². The second kappa shape index (κ2) is 11.0. The number of aliphatic hydroxyl groups is 1. The van der Waals surface area contributed by atoms with Gasteiger partial charge in [-0.25, -0.2) is 14.4 Å². The zero-order chi connectivity index (χ0) is 23.5. The molecule has 0 unspecified atom stereocenters. The number of aromatic nitrogens is 3. The first-order chi connectivity index (χ1) is 15.9. The summed E-state index contributed by atoms with van der Waals surface area (Å²) in [5.74, 6) is 1.82. The number of aryl methyl sites for hydroxylation is 1. The maximum atomic E-state index is 13.7. The molecule has 0 aliphatic carbocycles. The van der Waals surface area contributed by atoms with E-state index in [0.29, 0.717) is 17.2 Å². The van der Waals surface area contributed by atoms with Crippen molar-refractivity contribution in [3.8, 4) is 11.3 Å². The van der Waals surface area contributed by atoms with E-state index < -0.39 is 5.82 Å². The molecule has 0 saturated carbocycles. The predicted octanol–water partition coefficient (Wildman–Crippen LogP) is 4.42. The van der Waals surface area contributed by atoms with Gasteiger partial charge in [0.1, 0.15) is 17.5 Å². The van der Waals surface area contributed by atoms with Crippen molar-refractivity contribution >= 4 is 29.2 Å². The summed E-state index contributed by atoms with van der Waals surface area (Å²) in [5.41, 5.74) is 2.52. The van der Waals surface area contributed by atoms with Crippen molar-refractivity contribution in [1.29, 1.82) is 0 Å². The first-order valence-corrected chi connectivity index (χ1v) is 11.3. The van der Waals surface area contributed by atoms with Gasteiger partial charge in [0.25, 0.3) is 0 Å². The average molecular weight is 487 g/mol. The summed E-state index contributed by atoms with van der Waals surface area (Å²) in [6.45, 7) is 7.13. The van der Waals surface area contributed by atoms with Gasteiger partial charge < -0.3 is 19.8 Å². The number of hydrogen-bond acceptors (Lipinski definition) is 7. The monoisotopic (exact) mass is 486 g/mol. The maximum absolute atomic E-state index is 13.7. The average Bonchev–Trinajstić information content (AvgIpc) is 2.85. The third-order valence-electron chi connectivity index (χ3n) is 6.04. The molecule has 1 saturated heterocycles. The molecule has 2 aromatic heterocycles. The molecule has 34 heavy (non-hydrogen) atoms. The van der Waals surface area contributed by atoms with E-state index in [1.165, 1.54) is 6.07 Å². The van der Waals surface area contributed by atoms with E-state index in [-0.39, 0.29) is 25.1 Å². The van der Waals surface area contributed by atoms with Crippen LogP contribution < -0.4 is 14.7 Å². The first-order valence-electron chi connectivity index (χ1n) is 11.0. The molecule has 7 nitrogen and oxygen atoms in total. The van der Waals surface area contributed by atoms with E-state index in [1.807, 2.05) is 37.2 Å². The lowest BCUT2D eigenvalue weighted by molar-refractivity contribution is 0.269. The quantitative estimate of drug-likeness (QED) is 0.553. The summed E-state index contributed by atoms with van der Waals surface area (Å²) in [4.78, 5) is 20.4. The van der Waals surface area contributed by atoms with E-state index in [4.69, 9.17) is 16.6 Å². The number of halogens is 2. The highest BCUT2D eigenvalue weighted by molar-refractivity contribution is 6.31. The molecule has 4 rings (SSSR count). The Hall–Kier alpha value is -2.97. The Bertz CT molecular complexity index is 1120. The van der Waals surface area contributed by atoms with Gasteiger partial charge in [0.05, 0.1) is 23.4 Å². The highest BCUT2D eigenvalue weighted by Gasteiger charge is 2.23. The minimum atomic E-state index is -0.470. The molecular formula is C25H32ClFN6O. The molecule has 1 N–H and O–H groups in total. The highest BCUT2D eigenvalue weighted by atomic mass is 35.5. The van der Waals surface area contributed by atoms with Crippen molar-refractivity contribution in [2.24, 2.45) is 0 Å². The fourth-order valence-corrected chi connectivity index (χ4v) is 4.00. The van der Waals surface area contributed by atoms with Crippen LogP contribution in [0.25, 0.3) is 11.3 Å². The molecule has 1 atom stereocenters. The van der Waals surface area contributed by atoms with Gasteiger partial charge in [-0.1, -0.05) is 25.1 Å². The first kappa shape index (κ1) is 25.6. The number of rotatable bonds is 6. The van der Waals surface area contributed by atoms with Crippen LogP contribution in [0.5, 0.6) is 0 Å². The summed E-state index contributed by atoms with van der Waals surface area (Å²) < 4.78 is 13.7. The molecule has 0 amide bonds. The van der Waals surface area contributed by atoms with E-state index in [2.05, 4.69) is 32.8 Å². The Kier molecular flexibility index (Phi) is 8.28. The van der Waals surface area contributed by atoms with Crippen molar-refractivity contribution in [2.75, 3.05) is 54.5 Å². The van der Waals surface area contributed by atoms with Crippen LogP contribution in [-0.2, 0) is 0 Å². The van der Waals surface area contributed by atoms with Crippen LogP contribution in [0.3, 0.4) is 0 Å². The van der Waals surface area contributed by atoms with Crippen molar-refractivity contribution in [2.45, 2.75) is 27.3 Å². The van der Waals surface area contributed by atoms with Gasteiger partial charge in [-0.05, 0) is 43.7 Å². The maximum Gasteiger partial charge on any atom is 0.227 e. The van der Waals surface area contributed by atoms with Crippen molar-refractivity contribution in [3.05, 3.63) is 59.0 Å². The number of nitrogens with zero attached hydrogens (tertiary/aromatic N) is 6. The van der Waals surface area contributed by atoms with Gasteiger partial charge in [-0.15, -0.1) is 0 Å². The normalized spacial score (nSPS) is 14.5. The number of hydrogen-bond donors (Lipinski definition) is 1. The largest absolute Gasteiger partial charge is 0.394 e. The summed E-state index contributed by atoms with van der Waals surface area (Å²) in [5, 5.41) is 9.67. The molecule has 0 radical (unpaired) electrons. The molecule has 9 heteroatoms. The summed E-state index contributed by atoms with van der Waals surface area (Å²) in [6.07, 6.45) is 1.82. The molecule has 1 aromatic carbocycles. The number of benzene rings is 1. The summed E-state index contributed by atoms with van der Waals surface area (Å²) >= 11 is 6.03. The Morgan fingerprint density at radius 3 is 2.47 bits per heavy atom. The zero-order valence-corrected chi connectivity index (χ0v) is 19.8. The van der Waals surface area contributed by atoms with E-state index in [0.717, 1.165) is 43.4 Å². The van der Waals surface area contributed by atoms with Gasteiger partial charge in [0.2, 0.25) is 5.95 Å². The van der Waals surface area contributed by atoms with Crippen LogP contribution >= 0.6 is 11.6 Å². The summed E-state index contributed by atoms with van der Waals surface area (Å²) in [7, 11) is 1.85. The Morgan fingerprint density at radius 2 is 1.82 bits per heavy atom. The lowest BCUT2D eigenvalue weighted by Gasteiger charge is -2.37. The molecule has 3 aromatic rings. The minimum Gasteiger partial charge on any atom is -0.394 e. The topological polar surface area (TPSA) is 68.6 Å². The lowest BCUT2D eigenvalue weighted by Crippen LogP contribution is -2.47. The molecule has 3 heterocycles. The number of piperazine rings is 1. The van der Waals surface area contributed by atoms with Crippen LogP contribution in [0.2, 0.25) is 5.02 Å². The summed E-state index contributed by atoms with van der Waals surface area (Å²) in [6, 6.07) is 10.3. The third kappa shape index (κ3) is 5.39. The number of aliphatic hydroxyl groups excluding tert-OH is 1. The van der Waals surface area contributed by atoms with Crippen molar-refractivity contribution in [3.63, 3.8) is 0 Å². The highest BCUT2D eigenvalue weighted by Crippen LogP contribution is 2.29. The van der Waals surface area contributed by atoms with Gasteiger partial charge in [0, 0.05) is 51.1 Å². The van der Waals surface area contributed by atoms with Crippen LogP contribution in [0, 0.1) is 12.7 Å². The van der Waals surface area contributed by atoms with Gasteiger partial charge in [-0.2, -0.15) is 4.98 Å². The van der Waals surface area contributed by atoms with Crippen LogP contribution in [-0.4, -0.2) is 65.9 Å². The fourth-order valence-electron chi connectivity index (χ4n) is 3.82. The zero-order valence-electron chi connectivity index (χ0n) is 19.0. The molecule has 1 aliphatic rings. The Labute approximate surface area is 205 Å². The van der Waals surface area contributed by atoms with Crippen LogP contribution in [0.15, 0.2) is 42.6 Å². The number of likely N-dealkylation sites (N-methyl/N-ethyl adjacent to an activating group) is 1. The number of pyridine rings is 1. The third-order valence-corrected chi connectivity index (χ3v) is 6.33. The van der Waals surface area contributed by atoms with Crippen molar-refractivity contribution in [1.82, 2.24) is 15.0 Å². The van der Waals surface area contributed by atoms with Crippen LogP contribution in [0.1, 0.15) is 19.9 Å². The second-order valence-corrected chi connectivity index (χ2v) is 8.71. The number of anilines is 3. The molecule has 1 fully saturated rings. The Morgan fingerprint density at radius 1 is 1.12 bits per heavy atom. The SMILES string of the molecule is C.Cc1cccnc1N1CCN(c2cc(-c3ccc(F)c(Cl)c3)nc(N(C)[C@@H](C)CO)n2)CC1. The lowest BCUT2D eigenvalue weighted by atomic mass is 10.1. The second-order valence-electron chi connectivity index (χ2n) is 8.30. The van der Waals surface area contributed by atoms with Crippen molar-refractivity contribution < 1.29 is 9.50 Å². The molecular weight excluding hydrogens is 455 g/mol. The van der Waals surface area contributed by atoms with Gasteiger partial charge in [0.15, 0.2) is 0 Å². The van der Waals surface area contributed by atoms with Gasteiger partial charge in [-0.3, -0.25) is 0 Å². The standard InChI is InChI=1S/C24H28ClFN6O.CH4/c1-16-5-4-8-27-23(16)32-11-9-31(10-12-32)22-14-21(18-6-7-20(26)19(25)13-18)28-24(29-22)30(3)17(2)15-33;/h4-8,13-14,17,33H,9-12,15H2,1-3H3;1H4/t17-;/m0./s1. The van der Waals surface area contributed by atoms with E-state index in [1.54, 1.807) is 12.1 Å². The fraction of sp³-hybridized carbons (Fsp3) is 0.400. The molecule has 0 bridgehead atoms. The van der Waals surface area contributed by atoms with E-state index >= 15 is 0 Å². The Balaban J connectivity index is 0.00000324. The molecule has 1 aliphatic heterocycles. The molecule has 0 spiro atoms. The smallest absolute Gasteiger partial charge is 0.227 e. The van der Waals surface area contributed by atoms with E-state index in [9.17, 15) is 9.50 Å².